The van der Waals surface area contributed by atoms with E-state index in [1.807, 2.05) is 53.7 Å². The van der Waals surface area contributed by atoms with E-state index in [0.29, 0.717) is 30.4 Å². The molecule has 2 aliphatic heterocycles. The van der Waals surface area contributed by atoms with Crippen LogP contribution in [0.4, 0.5) is 0 Å². The summed E-state index contributed by atoms with van der Waals surface area (Å²) in [6, 6.07) is 0. The van der Waals surface area contributed by atoms with Crippen LogP contribution >= 0.6 is 0 Å². The minimum Gasteiger partial charge on any atom is -0.469 e. The van der Waals surface area contributed by atoms with Crippen LogP contribution in [0.3, 0.4) is 0 Å². The van der Waals surface area contributed by atoms with Gasteiger partial charge in [-0.3, -0.25) is 19.2 Å². The Bertz CT molecular complexity index is 1550. The highest BCUT2D eigenvalue weighted by Gasteiger charge is 2.26. The topological polar surface area (TPSA) is 142 Å². The van der Waals surface area contributed by atoms with E-state index in [4.69, 9.17) is 9.47 Å². The Labute approximate surface area is 264 Å². The second-order valence-electron chi connectivity index (χ2n) is 11.5. The number of hydrogen-bond donors (Lipinski definition) is 4. The van der Waals surface area contributed by atoms with Gasteiger partial charge >= 0.3 is 11.9 Å². The molecule has 2 aromatic heterocycles. The standard InChI is InChI=1S/C35H44N4O6/c1-9-22-20(5)34(42)38-28(22)15-26-18(3)24(11-13-32(40)44-7)30(36-26)17-31-25(12-14-33(41)45-8)19(4)27(37-31)16-29-23(10-2)21(6)35(43)39-29/h15-16,36-37H,9-14,17H2,1-8H3,(H,38,42)(H,39,43)/b28-15+,29-16+. The van der Waals surface area contributed by atoms with Crippen LogP contribution in [0, 0.1) is 13.8 Å². The second kappa shape index (κ2) is 14.0. The molecular weight excluding hydrogens is 572 g/mol. The molecular formula is C35H44N4O6. The number of hydrogen-bond acceptors (Lipinski definition) is 6. The highest BCUT2D eigenvalue weighted by molar-refractivity contribution is 6.01. The summed E-state index contributed by atoms with van der Waals surface area (Å²) in [5.41, 5.74) is 12.4. The van der Waals surface area contributed by atoms with Gasteiger partial charge in [-0.2, -0.15) is 0 Å². The minimum absolute atomic E-state index is 0.0954. The van der Waals surface area contributed by atoms with Gasteiger partial charge < -0.3 is 30.1 Å². The first-order valence-electron chi connectivity index (χ1n) is 15.4. The van der Waals surface area contributed by atoms with E-state index in [1.54, 1.807) is 0 Å². The minimum atomic E-state index is -0.298. The van der Waals surface area contributed by atoms with Gasteiger partial charge in [-0.05, 0) is 98.9 Å². The zero-order valence-corrected chi connectivity index (χ0v) is 27.6. The Morgan fingerprint density at radius 3 is 1.38 bits per heavy atom. The normalized spacial score (nSPS) is 16.7. The number of carbonyl (C=O) groups is 4. The third-order valence-corrected chi connectivity index (χ3v) is 9.00. The molecule has 0 saturated carbocycles. The molecule has 0 spiro atoms. The van der Waals surface area contributed by atoms with E-state index in [9.17, 15) is 19.2 Å². The Kier molecular flexibility index (Phi) is 10.4. The van der Waals surface area contributed by atoms with Crippen LogP contribution in [0.15, 0.2) is 33.7 Å². The predicted molar refractivity (Wildman–Crippen MR) is 173 cm³/mol. The van der Waals surface area contributed by atoms with Crippen molar-refractivity contribution in [2.45, 2.75) is 86.5 Å². The van der Waals surface area contributed by atoms with E-state index in [0.717, 1.165) is 80.4 Å². The monoisotopic (exact) mass is 616 g/mol. The van der Waals surface area contributed by atoms with Crippen LogP contribution in [-0.2, 0) is 47.9 Å². The Morgan fingerprint density at radius 1 is 0.667 bits per heavy atom. The zero-order chi connectivity index (χ0) is 33.0. The van der Waals surface area contributed by atoms with Crippen molar-refractivity contribution in [3.8, 4) is 0 Å². The van der Waals surface area contributed by atoms with Crippen molar-refractivity contribution in [3.63, 3.8) is 0 Å². The third kappa shape index (κ3) is 6.90. The maximum atomic E-state index is 12.4. The quantitative estimate of drug-likeness (QED) is 0.243. The molecule has 4 rings (SSSR count). The van der Waals surface area contributed by atoms with Crippen LogP contribution in [0.1, 0.15) is 98.4 Å². The molecule has 0 bridgehead atoms. The molecule has 0 saturated heterocycles. The lowest BCUT2D eigenvalue weighted by atomic mass is 9.98. The number of esters is 2. The van der Waals surface area contributed by atoms with Gasteiger partial charge in [0, 0.05) is 64.6 Å². The average Bonchev–Trinajstić information content (AvgIpc) is 3.67. The maximum absolute atomic E-state index is 12.4. The smallest absolute Gasteiger partial charge is 0.305 e. The van der Waals surface area contributed by atoms with Gasteiger partial charge in [0.1, 0.15) is 0 Å². The predicted octanol–water partition coefficient (Wildman–Crippen LogP) is 5.16. The largest absolute Gasteiger partial charge is 0.469 e. The molecule has 4 heterocycles. The van der Waals surface area contributed by atoms with Crippen molar-refractivity contribution in [2.24, 2.45) is 0 Å². The summed E-state index contributed by atoms with van der Waals surface area (Å²) in [5.74, 6) is -0.786. The molecule has 10 heteroatoms. The molecule has 240 valence electrons. The fraction of sp³-hybridized carbons (Fsp3) is 0.429. The van der Waals surface area contributed by atoms with Crippen LogP contribution in [0.5, 0.6) is 0 Å². The van der Waals surface area contributed by atoms with E-state index < -0.39 is 0 Å². The molecule has 2 aliphatic rings. The number of rotatable bonds is 12. The Balaban J connectivity index is 1.80. The molecule has 0 unspecified atom stereocenters. The number of ether oxygens (including phenoxy) is 2. The molecule has 0 radical (unpaired) electrons. The first-order valence-corrected chi connectivity index (χ1v) is 15.4. The number of carbonyl (C=O) groups excluding carboxylic acids is 4. The molecule has 2 amide bonds. The van der Waals surface area contributed by atoms with Gasteiger partial charge in [0.2, 0.25) is 0 Å². The lowest BCUT2D eigenvalue weighted by Crippen LogP contribution is -2.15. The third-order valence-electron chi connectivity index (χ3n) is 9.00. The lowest BCUT2D eigenvalue weighted by molar-refractivity contribution is -0.141. The van der Waals surface area contributed by atoms with E-state index in [1.165, 1.54) is 14.2 Å². The average molecular weight is 617 g/mol. The van der Waals surface area contributed by atoms with Gasteiger partial charge in [0.05, 0.1) is 14.2 Å². The highest BCUT2D eigenvalue weighted by Crippen LogP contribution is 2.32. The van der Waals surface area contributed by atoms with Crippen molar-refractivity contribution in [1.82, 2.24) is 20.6 Å². The summed E-state index contributed by atoms with van der Waals surface area (Å²) >= 11 is 0. The van der Waals surface area contributed by atoms with Crippen molar-refractivity contribution in [3.05, 3.63) is 78.7 Å². The van der Waals surface area contributed by atoms with Gasteiger partial charge in [-0.1, -0.05) is 13.8 Å². The number of nitrogens with one attached hydrogen (secondary N) is 4. The molecule has 0 aromatic carbocycles. The van der Waals surface area contributed by atoms with Gasteiger partial charge in [-0.25, -0.2) is 0 Å². The first-order chi connectivity index (χ1) is 21.4. The van der Waals surface area contributed by atoms with Crippen LogP contribution < -0.4 is 10.6 Å². The van der Waals surface area contributed by atoms with E-state index >= 15 is 0 Å². The van der Waals surface area contributed by atoms with Crippen LogP contribution in [-0.4, -0.2) is 47.9 Å². The van der Waals surface area contributed by atoms with E-state index in [2.05, 4.69) is 20.6 Å². The van der Waals surface area contributed by atoms with Crippen molar-refractivity contribution < 1.29 is 28.7 Å². The van der Waals surface area contributed by atoms with E-state index in [-0.39, 0.29) is 36.6 Å². The zero-order valence-electron chi connectivity index (χ0n) is 27.6. The summed E-state index contributed by atoms with van der Waals surface area (Å²) < 4.78 is 9.86. The number of amides is 2. The Morgan fingerprint density at radius 2 is 1.04 bits per heavy atom. The van der Waals surface area contributed by atoms with Gasteiger partial charge in [0.25, 0.3) is 11.8 Å². The fourth-order valence-electron chi connectivity index (χ4n) is 6.25. The van der Waals surface area contributed by atoms with Crippen molar-refractivity contribution in [1.29, 1.82) is 0 Å². The summed E-state index contributed by atoms with van der Waals surface area (Å²) in [5, 5.41) is 5.97. The van der Waals surface area contributed by atoms with Crippen LogP contribution in [0.25, 0.3) is 12.2 Å². The number of aromatic nitrogens is 2. The molecule has 4 N–H and O–H groups in total. The number of allylic oxidation sites excluding steroid dienone is 2. The lowest BCUT2D eigenvalue weighted by Gasteiger charge is -2.08. The Hall–Kier alpha value is -4.60. The molecule has 0 aliphatic carbocycles. The number of H-pyrrole nitrogens is 2. The number of aromatic amines is 2. The summed E-state index contributed by atoms with van der Waals surface area (Å²) in [4.78, 5) is 56.3. The van der Waals surface area contributed by atoms with Crippen molar-refractivity contribution >= 4 is 35.9 Å². The summed E-state index contributed by atoms with van der Waals surface area (Å²) in [7, 11) is 2.76. The maximum Gasteiger partial charge on any atom is 0.305 e. The molecule has 45 heavy (non-hydrogen) atoms. The molecule has 10 nitrogen and oxygen atoms in total. The fourth-order valence-corrected chi connectivity index (χ4v) is 6.25. The van der Waals surface area contributed by atoms with Gasteiger partial charge in [-0.15, -0.1) is 0 Å². The molecule has 2 aromatic rings. The number of methoxy groups -OCH3 is 2. The highest BCUT2D eigenvalue weighted by atomic mass is 16.5. The molecule has 0 atom stereocenters. The molecule has 0 fully saturated rings. The van der Waals surface area contributed by atoms with Gasteiger partial charge in [0.15, 0.2) is 0 Å². The first kappa shape index (κ1) is 33.3. The summed E-state index contributed by atoms with van der Waals surface area (Å²) in [6.07, 6.45) is 7.22. The second-order valence-corrected chi connectivity index (χ2v) is 11.5. The van der Waals surface area contributed by atoms with Crippen LogP contribution in [0.2, 0.25) is 0 Å². The summed E-state index contributed by atoms with van der Waals surface area (Å²) in [6.45, 7) is 11.7. The van der Waals surface area contributed by atoms with Crippen molar-refractivity contribution in [2.75, 3.05) is 14.2 Å². The SMILES string of the molecule is CCC1=C(C)C(=O)N/C1=C/c1[nH]c(Cc2[nH]c(/C=C3/NC(=O)C(C)=C3CC)c(C)c2CCC(=O)OC)c(CCC(=O)OC)c1C.